The van der Waals surface area contributed by atoms with E-state index in [0.29, 0.717) is 11.5 Å². The summed E-state index contributed by atoms with van der Waals surface area (Å²) >= 11 is 0. The van der Waals surface area contributed by atoms with Gasteiger partial charge in [-0.2, -0.15) is 0 Å². The normalized spacial score (nSPS) is 43.0. The molecular weight excluding hydrogens is 388 g/mol. The third-order valence-electron chi connectivity index (χ3n) is 5.19. The van der Waals surface area contributed by atoms with Crippen LogP contribution in [-0.4, -0.2) is 94.1 Å². The Labute approximate surface area is 168 Å². The van der Waals surface area contributed by atoms with Crippen molar-refractivity contribution in [3.63, 3.8) is 0 Å². The molecule has 2 aliphatic heterocycles. The minimum atomic E-state index is -1.54. The molecule has 0 aromatic heterocycles. The molecule has 1 aromatic carbocycles. The third kappa shape index (κ3) is 4.65. The lowest BCUT2D eigenvalue weighted by Crippen LogP contribution is -2.63. The number of hydrogen-bond donors (Lipinski definition) is 5. The van der Waals surface area contributed by atoms with Gasteiger partial charge in [0, 0.05) is 0 Å². The van der Waals surface area contributed by atoms with Gasteiger partial charge in [0.25, 0.3) is 0 Å². The van der Waals surface area contributed by atoms with Gasteiger partial charge in [0.1, 0.15) is 48.1 Å². The van der Waals surface area contributed by atoms with E-state index in [1.165, 1.54) is 14.0 Å². The number of aliphatic hydroxyl groups excluding tert-OH is 5. The van der Waals surface area contributed by atoms with Crippen LogP contribution in [0, 0.1) is 0 Å². The Morgan fingerprint density at radius 2 is 1.24 bits per heavy atom. The Kier molecular flexibility index (Phi) is 6.97. The second-order valence-corrected chi connectivity index (χ2v) is 7.27. The van der Waals surface area contributed by atoms with Crippen LogP contribution in [0.15, 0.2) is 24.3 Å². The van der Waals surface area contributed by atoms with Gasteiger partial charge < -0.3 is 49.2 Å². The summed E-state index contributed by atoms with van der Waals surface area (Å²) in [6, 6.07) is 6.63. The summed E-state index contributed by atoms with van der Waals surface area (Å²) in [6.45, 7) is 3.12. The molecule has 0 radical (unpaired) electrons. The molecule has 1 aromatic rings. The maximum absolute atomic E-state index is 10.5. The van der Waals surface area contributed by atoms with Gasteiger partial charge in [0.05, 0.1) is 19.3 Å². The van der Waals surface area contributed by atoms with Crippen LogP contribution in [0.4, 0.5) is 0 Å². The maximum Gasteiger partial charge on any atom is 0.229 e. The quantitative estimate of drug-likeness (QED) is 0.394. The molecule has 0 aliphatic carbocycles. The summed E-state index contributed by atoms with van der Waals surface area (Å²) in [6.07, 6.45) is -12.3. The van der Waals surface area contributed by atoms with E-state index < -0.39 is 61.4 Å². The molecule has 29 heavy (non-hydrogen) atoms. The fraction of sp³-hybridized carbons (Fsp3) is 0.684. The lowest BCUT2D eigenvalue weighted by molar-refractivity contribution is -0.345. The van der Waals surface area contributed by atoms with E-state index >= 15 is 0 Å². The molecule has 5 N–H and O–H groups in total. The second kappa shape index (κ2) is 9.11. The maximum atomic E-state index is 10.5. The molecule has 2 aliphatic rings. The lowest BCUT2D eigenvalue weighted by atomic mass is 9.97. The minimum absolute atomic E-state index is 0.408. The Balaban J connectivity index is 1.64. The Morgan fingerprint density at radius 3 is 1.86 bits per heavy atom. The van der Waals surface area contributed by atoms with Crippen LogP contribution >= 0.6 is 0 Å². The highest BCUT2D eigenvalue weighted by Crippen LogP contribution is 2.30. The van der Waals surface area contributed by atoms with Crippen LogP contribution in [0.3, 0.4) is 0 Å². The van der Waals surface area contributed by atoms with Gasteiger partial charge in [0.2, 0.25) is 6.29 Å². The molecule has 3 rings (SSSR count). The molecule has 10 nitrogen and oxygen atoms in total. The summed E-state index contributed by atoms with van der Waals surface area (Å²) in [7, 11) is 1.54. The first-order valence-electron chi connectivity index (χ1n) is 9.40. The van der Waals surface area contributed by atoms with E-state index in [9.17, 15) is 25.5 Å². The van der Waals surface area contributed by atoms with Crippen LogP contribution in [-0.2, 0) is 14.2 Å². The third-order valence-corrected chi connectivity index (χ3v) is 5.19. The van der Waals surface area contributed by atoms with Crippen molar-refractivity contribution in [1.29, 1.82) is 0 Å². The Bertz CT molecular complexity index is 655. The first-order chi connectivity index (χ1) is 13.7. The summed E-state index contributed by atoms with van der Waals surface area (Å²) in [5.41, 5.74) is 0. The van der Waals surface area contributed by atoms with Crippen molar-refractivity contribution in [2.24, 2.45) is 0 Å². The Hall–Kier alpha value is -1.50. The van der Waals surface area contributed by atoms with Crippen LogP contribution < -0.4 is 9.47 Å². The molecule has 164 valence electrons. The van der Waals surface area contributed by atoms with Crippen molar-refractivity contribution in [3.05, 3.63) is 24.3 Å². The zero-order chi connectivity index (χ0) is 21.3. The number of benzene rings is 1. The van der Waals surface area contributed by atoms with Crippen LogP contribution in [0.5, 0.6) is 11.5 Å². The predicted molar refractivity (Wildman–Crippen MR) is 97.2 cm³/mol. The van der Waals surface area contributed by atoms with Crippen molar-refractivity contribution < 1.29 is 49.2 Å². The highest BCUT2D eigenvalue weighted by Gasteiger charge is 2.49. The smallest absolute Gasteiger partial charge is 0.229 e. The second-order valence-electron chi connectivity index (χ2n) is 7.27. The van der Waals surface area contributed by atoms with Gasteiger partial charge in [-0.3, -0.25) is 0 Å². The molecule has 2 heterocycles. The highest BCUT2D eigenvalue weighted by atomic mass is 16.7. The van der Waals surface area contributed by atoms with Gasteiger partial charge in [-0.1, -0.05) is 0 Å². The number of methoxy groups -OCH3 is 1. The van der Waals surface area contributed by atoms with Gasteiger partial charge in [0.15, 0.2) is 6.29 Å². The molecule has 10 atom stereocenters. The van der Waals surface area contributed by atoms with E-state index in [1.807, 2.05) is 0 Å². The summed E-state index contributed by atoms with van der Waals surface area (Å²) in [5, 5.41) is 50.7. The van der Waals surface area contributed by atoms with E-state index in [-0.39, 0.29) is 0 Å². The number of aliphatic hydroxyl groups is 5. The topological polar surface area (TPSA) is 147 Å². The largest absolute Gasteiger partial charge is 0.497 e. The molecule has 0 bridgehead atoms. The zero-order valence-corrected chi connectivity index (χ0v) is 16.4. The molecule has 0 saturated carbocycles. The van der Waals surface area contributed by atoms with Crippen molar-refractivity contribution >= 4 is 0 Å². The monoisotopic (exact) mass is 416 g/mol. The van der Waals surface area contributed by atoms with E-state index in [1.54, 1.807) is 31.2 Å². The van der Waals surface area contributed by atoms with Crippen molar-refractivity contribution in [3.8, 4) is 11.5 Å². The average molecular weight is 416 g/mol. The number of hydrogen-bond acceptors (Lipinski definition) is 10. The summed E-state index contributed by atoms with van der Waals surface area (Å²) in [4.78, 5) is 0. The van der Waals surface area contributed by atoms with Gasteiger partial charge in [-0.05, 0) is 38.1 Å². The predicted octanol–water partition coefficient (Wildman–Crippen LogP) is -1.25. The average Bonchev–Trinajstić information content (AvgIpc) is 2.71. The van der Waals surface area contributed by atoms with Crippen LogP contribution in [0.25, 0.3) is 0 Å². The molecule has 2 saturated heterocycles. The zero-order valence-electron chi connectivity index (χ0n) is 16.4. The van der Waals surface area contributed by atoms with Crippen LogP contribution in [0.2, 0.25) is 0 Å². The van der Waals surface area contributed by atoms with Crippen LogP contribution in [0.1, 0.15) is 13.8 Å². The first-order valence-corrected chi connectivity index (χ1v) is 9.40. The van der Waals surface area contributed by atoms with E-state index in [0.717, 1.165) is 0 Å². The van der Waals surface area contributed by atoms with Gasteiger partial charge in [-0.25, -0.2) is 0 Å². The molecular formula is C19H28O10. The molecule has 2 fully saturated rings. The fourth-order valence-corrected chi connectivity index (χ4v) is 3.36. The SMILES string of the molecule is COc1ccc(O[C@@H]2O[C@@H](C)[C@@H](O[C@H]3O[C@@H](C)[C@H](O)[C@@H](O)[C@H]3O)[C@@H](O)[C@@H]2O)cc1. The number of ether oxygens (including phenoxy) is 5. The molecule has 0 amide bonds. The van der Waals surface area contributed by atoms with Gasteiger partial charge >= 0.3 is 0 Å². The standard InChI is InChI=1S/C19H28O10/c1-8-12(20)13(21)15(23)19(26-8)29-17-9(2)27-18(16(24)14(17)22)28-11-6-4-10(25-3)5-7-11/h4-9,12-24H,1-3H3/t8-,9-,12-,13+,14-,15+,16-,17+,18-,19+/m0/s1. The summed E-state index contributed by atoms with van der Waals surface area (Å²) < 4.78 is 27.3. The fourth-order valence-electron chi connectivity index (χ4n) is 3.36. The van der Waals surface area contributed by atoms with Gasteiger partial charge in [-0.15, -0.1) is 0 Å². The first kappa shape index (κ1) is 22.2. The van der Waals surface area contributed by atoms with E-state index in [4.69, 9.17) is 23.7 Å². The van der Waals surface area contributed by atoms with Crippen molar-refractivity contribution in [2.45, 2.75) is 75.3 Å². The van der Waals surface area contributed by atoms with Crippen molar-refractivity contribution in [2.75, 3.05) is 7.11 Å². The molecule has 0 unspecified atom stereocenters. The minimum Gasteiger partial charge on any atom is -0.497 e. The van der Waals surface area contributed by atoms with E-state index in [2.05, 4.69) is 0 Å². The molecule has 10 heteroatoms. The Morgan fingerprint density at radius 1 is 0.690 bits per heavy atom. The van der Waals surface area contributed by atoms with Crippen molar-refractivity contribution in [1.82, 2.24) is 0 Å². The summed E-state index contributed by atoms with van der Waals surface area (Å²) in [5.74, 6) is 1.04. The lowest BCUT2D eigenvalue weighted by Gasteiger charge is -2.45. The number of rotatable bonds is 5. The highest BCUT2D eigenvalue weighted by molar-refractivity contribution is 5.31. The molecule has 0 spiro atoms.